The maximum atomic E-state index is 13.1. The number of anilines is 1. The zero-order chi connectivity index (χ0) is 17.1. The fourth-order valence-electron chi connectivity index (χ4n) is 2.84. The van der Waals surface area contributed by atoms with Crippen LogP contribution in [0.25, 0.3) is 0 Å². The molecule has 3 rings (SSSR count). The molecule has 0 saturated carbocycles. The van der Waals surface area contributed by atoms with Crippen LogP contribution in [0.3, 0.4) is 0 Å². The van der Waals surface area contributed by atoms with Crippen LogP contribution in [0.1, 0.15) is 5.56 Å². The Labute approximate surface area is 144 Å². The van der Waals surface area contributed by atoms with E-state index in [4.69, 9.17) is 11.6 Å². The highest BCUT2D eigenvalue weighted by atomic mass is 35.5. The van der Waals surface area contributed by atoms with Crippen LogP contribution in [0.5, 0.6) is 0 Å². The lowest BCUT2D eigenvalue weighted by Crippen LogP contribution is -2.46. The number of piperazine rings is 1. The number of rotatable bonds is 4. The average molecular weight is 350 g/mol. The highest BCUT2D eigenvalue weighted by Crippen LogP contribution is 2.23. The van der Waals surface area contributed by atoms with Crippen molar-refractivity contribution in [3.05, 3.63) is 69.0 Å². The van der Waals surface area contributed by atoms with Gasteiger partial charge in [-0.15, -0.1) is 0 Å². The predicted molar refractivity (Wildman–Crippen MR) is 92.0 cm³/mol. The van der Waals surface area contributed by atoms with E-state index in [1.807, 2.05) is 0 Å². The molecular formula is C17H17ClFN3O2. The molecule has 2 aromatic rings. The molecule has 0 radical (unpaired) electrons. The zero-order valence-electron chi connectivity index (χ0n) is 13.0. The maximum Gasteiger partial charge on any atom is 0.269 e. The summed E-state index contributed by atoms with van der Waals surface area (Å²) in [5.74, 6) is -0.327. The molecule has 0 N–H and O–H groups in total. The third-order valence-corrected chi connectivity index (χ3v) is 4.56. The van der Waals surface area contributed by atoms with Gasteiger partial charge in [-0.25, -0.2) is 4.39 Å². The van der Waals surface area contributed by atoms with Gasteiger partial charge in [0.1, 0.15) is 5.82 Å². The molecule has 126 valence electrons. The van der Waals surface area contributed by atoms with E-state index in [0.717, 1.165) is 37.4 Å². The van der Waals surface area contributed by atoms with E-state index in [-0.39, 0.29) is 11.5 Å². The van der Waals surface area contributed by atoms with Crippen LogP contribution in [0.2, 0.25) is 5.02 Å². The molecule has 1 heterocycles. The molecule has 1 aliphatic heterocycles. The Hall–Kier alpha value is -2.18. The first-order valence-electron chi connectivity index (χ1n) is 7.68. The third kappa shape index (κ3) is 3.83. The number of non-ortho nitro benzene ring substituents is 1. The van der Waals surface area contributed by atoms with Gasteiger partial charge in [-0.2, -0.15) is 0 Å². The van der Waals surface area contributed by atoms with Gasteiger partial charge in [-0.1, -0.05) is 17.7 Å². The van der Waals surface area contributed by atoms with E-state index in [1.54, 1.807) is 18.2 Å². The van der Waals surface area contributed by atoms with Crippen molar-refractivity contribution in [2.45, 2.75) is 6.54 Å². The SMILES string of the molecule is O=[N+]([O-])c1ccc(N2CCN(Cc3ccc(F)cc3Cl)CC2)cc1. The smallest absolute Gasteiger partial charge is 0.269 e. The predicted octanol–water partition coefficient (Wildman–Crippen LogP) is 3.71. The van der Waals surface area contributed by atoms with Gasteiger partial charge >= 0.3 is 0 Å². The van der Waals surface area contributed by atoms with Gasteiger partial charge in [-0.3, -0.25) is 15.0 Å². The molecule has 5 nitrogen and oxygen atoms in total. The molecular weight excluding hydrogens is 333 g/mol. The molecule has 0 spiro atoms. The summed E-state index contributed by atoms with van der Waals surface area (Å²) in [5, 5.41) is 11.2. The van der Waals surface area contributed by atoms with E-state index in [9.17, 15) is 14.5 Å². The number of benzene rings is 2. The number of hydrogen-bond donors (Lipinski definition) is 0. The summed E-state index contributed by atoms with van der Waals surface area (Å²) < 4.78 is 13.1. The Morgan fingerprint density at radius 3 is 2.33 bits per heavy atom. The second-order valence-electron chi connectivity index (χ2n) is 5.77. The van der Waals surface area contributed by atoms with E-state index < -0.39 is 4.92 Å². The molecule has 1 fully saturated rings. The third-order valence-electron chi connectivity index (χ3n) is 4.21. The van der Waals surface area contributed by atoms with Crippen LogP contribution in [0.4, 0.5) is 15.8 Å². The molecule has 2 aromatic carbocycles. The molecule has 0 aromatic heterocycles. The van der Waals surface area contributed by atoms with Crippen LogP contribution < -0.4 is 4.90 Å². The van der Waals surface area contributed by atoms with Crippen LogP contribution in [0.15, 0.2) is 42.5 Å². The van der Waals surface area contributed by atoms with Crippen molar-refractivity contribution in [2.75, 3.05) is 31.1 Å². The highest BCUT2D eigenvalue weighted by molar-refractivity contribution is 6.31. The zero-order valence-corrected chi connectivity index (χ0v) is 13.7. The lowest BCUT2D eigenvalue weighted by Gasteiger charge is -2.36. The van der Waals surface area contributed by atoms with Crippen molar-refractivity contribution in [1.82, 2.24) is 4.90 Å². The van der Waals surface area contributed by atoms with Crippen molar-refractivity contribution in [3.8, 4) is 0 Å². The summed E-state index contributed by atoms with van der Waals surface area (Å²) in [6.45, 7) is 4.05. The summed E-state index contributed by atoms with van der Waals surface area (Å²) >= 11 is 6.08. The van der Waals surface area contributed by atoms with Crippen LogP contribution in [-0.2, 0) is 6.54 Å². The molecule has 0 bridgehead atoms. The van der Waals surface area contributed by atoms with Crippen LogP contribution in [-0.4, -0.2) is 36.0 Å². The van der Waals surface area contributed by atoms with Crippen LogP contribution >= 0.6 is 11.6 Å². The molecule has 0 amide bonds. The highest BCUT2D eigenvalue weighted by Gasteiger charge is 2.18. The number of nitrogens with zero attached hydrogens (tertiary/aromatic N) is 3. The summed E-state index contributed by atoms with van der Waals surface area (Å²) in [4.78, 5) is 14.8. The van der Waals surface area contributed by atoms with Gasteiger partial charge in [0.15, 0.2) is 0 Å². The van der Waals surface area contributed by atoms with Crippen molar-refractivity contribution < 1.29 is 9.31 Å². The van der Waals surface area contributed by atoms with E-state index >= 15 is 0 Å². The van der Waals surface area contributed by atoms with Crippen molar-refractivity contribution in [3.63, 3.8) is 0 Å². The first-order valence-corrected chi connectivity index (χ1v) is 8.06. The maximum absolute atomic E-state index is 13.1. The van der Waals surface area contributed by atoms with E-state index in [1.165, 1.54) is 24.3 Å². The summed E-state index contributed by atoms with van der Waals surface area (Å²) in [6.07, 6.45) is 0. The van der Waals surface area contributed by atoms with Gasteiger partial charge in [0.2, 0.25) is 0 Å². The van der Waals surface area contributed by atoms with E-state index in [0.29, 0.717) is 11.6 Å². The fourth-order valence-corrected chi connectivity index (χ4v) is 3.07. The molecule has 1 aliphatic rings. The van der Waals surface area contributed by atoms with Gasteiger partial charge < -0.3 is 4.90 Å². The standard InChI is InChI=1S/C17H17ClFN3O2/c18-17-11-14(19)2-1-13(17)12-20-7-9-21(10-8-20)15-3-5-16(6-4-15)22(23)24/h1-6,11H,7-10,12H2. The second-order valence-corrected chi connectivity index (χ2v) is 6.18. The van der Waals surface area contributed by atoms with Gasteiger partial charge in [0.25, 0.3) is 5.69 Å². The van der Waals surface area contributed by atoms with Gasteiger partial charge in [-0.05, 0) is 29.8 Å². The second kappa shape index (κ2) is 7.15. The summed E-state index contributed by atoms with van der Waals surface area (Å²) in [5.41, 5.74) is 2.00. The lowest BCUT2D eigenvalue weighted by molar-refractivity contribution is -0.384. The molecule has 0 unspecified atom stereocenters. The number of nitro groups is 1. The van der Waals surface area contributed by atoms with Crippen molar-refractivity contribution in [1.29, 1.82) is 0 Å². The normalized spacial score (nSPS) is 15.5. The quantitative estimate of drug-likeness (QED) is 0.623. The van der Waals surface area contributed by atoms with E-state index in [2.05, 4.69) is 9.80 Å². The Morgan fingerprint density at radius 2 is 1.75 bits per heavy atom. The summed E-state index contributed by atoms with van der Waals surface area (Å²) in [7, 11) is 0. The number of halogens is 2. The lowest BCUT2D eigenvalue weighted by atomic mass is 10.2. The number of nitro benzene ring substituents is 1. The topological polar surface area (TPSA) is 49.6 Å². The Bertz CT molecular complexity index is 731. The Balaban J connectivity index is 1.58. The van der Waals surface area contributed by atoms with Gasteiger partial charge in [0.05, 0.1) is 4.92 Å². The minimum absolute atomic E-state index is 0.100. The van der Waals surface area contributed by atoms with Crippen LogP contribution in [0, 0.1) is 15.9 Å². The largest absolute Gasteiger partial charge is 0.369 e. The van der Waals surface area contributed by atoms with Crippen molar-refractivity contribution in [2.24, 2.45) is 0 Å². The van der Waals surface area contributed by atoms with Gasteiger partial charge in [0, 0.05) is 55.6 Å². The molecule has 7 heteroatoms. The average Bonchev–Trinajstić information content (AvgIpc) is 2.58. The monoisotopic (exact) mass is 349 g/mol. The molecule has 0 atom stereocenters. The fraction of sp³-hybridized carbons (Fsp3) is 0.294. The molecule has 0 aliphatic carbocycles. The Kier molecular flexibility index (Phi) is 4.97. The van der Waals surface area contributed by atoms with Crippen molar-refractivity contribution >= 4 is 23.0 Å². The minimum Gasteiger partial charge on any atom is -0.369 e. The Morgan fingerprint density at radius 1 is 1.08 bits per heavy atom. The summed E-state index contributed by atoms with van der Waals surface area (Å²) in [6, 6.07) is 11.1. The molecule has 1 saturated heterocycles. The first-order chi connectivity index (χ1) is 11.5. The minimum atomic E-state index is -0.395. The first kappa shape index (κ1) is 16.7. The number of hydrogen-bond acceptors (Lipinski definition) is 4. The molecule has 24 heavy (non-hydrogen) atoms.